The fraction of sp³-hybridized carbons (Fsp3) is 0.263. The topological polar surface area (TPSA) is 66.8 Å². The highest BCUT2D eigenvalue weighted by molar-refractivity contribution is 8.00. The molecule has 0 saturated heterocycles. The first-order chi connectivity index (χ1) is 12.4. The van der Waals surface area contributed by atoms with Gasteiger partial charge in [0.05, 0.1) is 10.3 Å². The van der Waals surface area contributed by atoms with Gasteiger partial charge in [-0.2, -0.15) is 0 Å². The van der Waals surface area contributed by atoms with Gasteiger partial charge in [-0.05, 0) is 36.8 Å². The van der Waals surface area contributed by atoms with Gasteiger partial charge in [0.25, 0.3) is 0 Å². The van der Waals surface area contributed by atoms with E-state index >= 15 is 0 Å². The summed E-state index contributed by atoms with van der Waals surface area (Å²) in [4.78, 5) is 25.6. The van der Waals surface area contributed by atoms with E-state index in [1.54, 1.807) is 30.1 Å². The van der Waals surface area contributed by atoms with Gasteiger partial charge in [-0.3, -0.25) is 4.79 Å². The summed E-state index contributed by atoms with van der Waals surface area (Å²) in [7, 11) is 1.75. The summed E-state index contributed by atoms with van der Waals surface area (Å²) in [6.45, 7) is 1.93. The standard InChI is InChI=1S/C19H20ClNO4S/c1-13(26-17-6-4-3-5-16(17)20)19(24)21(2)11-14-7-9-15(10-8-14)25-12-18(22)23/h3-10,13H,11-12H2,1-2H3,(H,22,23). The molecule has 0 radical (unpaired) electrons. The minimum absolute atomic E-state index is 0.00104. The molecule has 0 heterocycles. The fourth-order valence-corrected chi connectivity index (χ4v) is 3.55. The second-order valence-electron chi connectivity index (χ2n) is 5.71. The van der Waals surface area contributed by atoms with Gasteiger partial charge in [0, 0.05) is 18.5 Å². The Balaban J connectivity index is 1.91. The predicted molar refractivity (Wildman–Crippen MR) is 103 cm³/mol. The largest absolute Gasteiger partial charge is 0.482 e. The lowest BCUT2D eigenvalue weighted by atomic mass is 10.2. The first-order valence-electron chi connectivity index (χ1n) is 7.96. The van der Waals surface area contributed by atoms with Gasteiger partial charge in [0.2, 0.25) is 5.91 Å². The molecule has 0 spiro atoms. The van der Waals surface area contributed by atoms with Crippen LogP contribution in [-0.2, 0) is 16.1 Å². The van der Waals surface area contributed by atoms with E-state index in [1.165, 1.54) is 11.8 Å². The molecule has 7 heteroatoms. The normalized spacial score (nSPS) is 11.7. The van der Waals surface area contributed by atoms with Crippen LogP contribution in [-0.4, -0.2) is 40.8 Å². The van der Waals surface area contributed by atoms with Crippen LogP contribution in [0, 0.1) is 0 Å². The van der Waals surface area contributed by atoms with Crippen molar-refractivity contribution in [3.63, 3.8) is 0 Å². The van der Waals surface area contributed by atoms with E-state index in [9.17, 15) is 9.59 Å². The Morgan fingerprint density at radius 1 is 1.19 bits per heavy atom. The molecule has 1 unspecified atom stereocenters. The maximum absolute atomic E-state index is 12.6. The zero-order valence-corrected chi connectivity index (χ0v) is 16.1. The van der Waals surface area contributed by atoms with Crippen molar-refractivity contribution in [2.24, 2.45) is 0 Å². The summed E-state index contributed by atoms with van der Waals surface area (Å²) in [5.41, 5.74) is 0.929. The highest BCUT2D eigenvalue weighted by atomic mass is 35.5. The number of hydrogen-bond donors (Lipinski definition) is 1. The Morgan fingerprint density at radius 3 is 2.46 bits per heavy atom. The molecule has 2 aromatic rings. The maximum atomic E-state index is 12.6. The number of amides is 1. The molecule has 0 bridgehead atoms. The van der Waals surface area contributed by atoms with E-state index in [-0.39, 0.29) is 17.8 Å². The van der Waals surface area contributed by atoms with Crippen molar-refractivity contribution < 1.29 is 19.4 Å². The molecule has 0 fully saturated rings. The Hall–Kier alpha value is -2.18. The number of carbonyl (C=O) groups is 2. The average molecular weight is 394 g/mol. The molecular weight excluding hydrogens is 374 g/mol. The molecule has 0 aliphatic rings. The molecule has 2 aromatic carbocycles. The number of nitrogens with zero attached hydrogens (tertiary/aromatic N) is 1. The van der Waals surface area contributed by atoms with E-state index in [1.807, 2.05) is 37.3 Å². The number of carbonyl (C=O) groups excluding carboxylic acids is 1. The van der Waals surface area contributed by atoms with E-state index in [4.69, 9.17) is 21.4 Å². The molecule has 5 nitrogen and oxygen atoms in total. The van der Waals surface area contributed by atoms with Gasteiger partial charge in [0.1, 0.15) is 5.75 Å². The van der Waals surface area contributed by atoms with E-state index in [0.29, 0.717) is 17.3 Å². The van der Waals surface area contributed by atoms with Crippen LogP contribution in [0.25, 0.3) is 0 Å². The van der Waals surface area contributed by atoms with Crippen molar-refractivity contribution >= 4 is 35.2 Å². The first kappa shape index (κ1) is 20.1. The number of benzene rings is 2. The first-order valence-corrected chi connectivity index (χ1v) is 9.22. The van der Waals surface area contributed by atoms with Crippen LogP contribution in [0.1, 0.15) is 12.5 Å². The van der Waals surface area contributed by atoms with Crippen molar-refractivity contribution in [3.05, 3.63) is 59.1 Å². The second-order valence-corrected chi connectivity index (χ2v) is 7.50. The lowest BCUT2D eigenvalue weighted by molar-refractivity contribution is -0.139. The lowest BCUT2D eigenvalue weighted by Crippen LogP contribution is -2.32. The lowest BCUT2D eigenvalue weighted by Gasteiger charge is -2.21. The molecule has 1 amide bonds. The molecular formula is C19H20ClNO4S. The number of ether oxygens (including phenoxy) is 1. The SMILES string of the molecule is CC(Sc1ccccc1Cl)C(=O)N(C)Cc1ccc(OCC(=O)O)cc1. The number of carboxylic acid groups (broad SMARTS) is 1. The molecule has 2 rings (SSSR count). The molecule has 0 saturated carbocycles. The molecule has 1 atom stereocenters. The van der Waals surface area contributed by atoms with Gasteiger partial charge in [-0.15, -0.1) is 11.8 Å². The van der Waals surface area contributed by atoms with Gasteiger partial charge in [-0.1, -0.05) is 35.9 Å². The zero-order valence-electron chi connectivity index (χ0n) is 14.5. The summed E-state index contributed by atoms with van der Waals surface area (Å²) in [6.07, 6.45) is 0. The van der Waals surface area contributed by atoms with Crippen LogP contribution in [0.2, 0.25) is 5.02 Å². The number of halogens is 1. The van der Waals surface area contributed by atoms with E-state index in [0.717, 1.165) is 10.5 Å². The number of thioether (sulfide) groups is 1. The summed E-state index contributed by atoms with van der Waals surface area (Å²) < 4.78 is 5.09. The monoisotopic (exact) mass is 393 g/mol. The zero-order chi connectivity index (χ0) is 19.1. The van der Waals surface area contributed by atoms with Gasteiger partial charge in [0.15, 0.2) is 6.61 Å². The van der Waals surface area contributed by atoms with Crippen LogP contribution in [0.5, 0.6) is 5.75 Å². The van der Waals surface area contributed by atoms with Crippen molar-refractivity contribution in [2.45, 2.75) is 23.6 Å². The predicted octanol–water partition coefficient (Wildman–Crippen LogP) is 3.94. The van der Waals surface area contributed by atoms with Crippen molar-refractivity contribution in [1.82, 2.24) is 4.90 Å². The van der Waals surface area contributed by atoms with Gasteiger partial charge >= 0.3 is 5.97 Å². The summed E-state index contributed by atoms with van der Waals surface area (Å²) in [5, 5.41) is 8.98. The van der Waals surface area contributed by atoms with Crippen molar-refractivity contribution in [3.8, 4) is 5.75 Å². The van der Waals surface area contributed by atoms with Crippen LogP contribution >= 0.6 is 23.4 Å². The average Bonchev–Trinajstić information content (AvgIpc) is 2.62. The van der Waals surface area contributed by atoms with Crippen molar-refractivity contribution in [2.75, 3.05) is 13.7 Å². The van der Waals surface area contributed by atoms with Crippen LogP contribution in [0.3, 0.4) is 0 Å². The molecule has 0 aliphatic carbocycles. The molecule has 138 valence electrons. The maximum Gasteiger partial charge on any atom is 0.341 e. The Kier molecular flexibility index (Phi) is 7.36. The molecule has 1 N–H and O–H groups in total. The Bertz CT molecular complexity index is 766. The third-order valence-corrected chi connectivity index (χ3v) is 5.18. The number of aliphatic carboxylic acids is 1. The molecule has 26 heavy (non-hydrogen) atoms. The highest BCUT2D eigenvalue weighted by Crippen LogP contribution is 2.30. The van der Waals surface area contributed by atoms with Gasteiger partial charge in [-0.25, -0.2) is 4.79 Å². The second kappa shape index (κ2) is 9.50. The van der Waals surface area contributed by atoms with Crippen molar-refractivity contribution in [1.29, 1.82) is 0 Å². The van der Waals surface area contributed by atoms with Crippen LogP contribution in [0.15, 0.2) is 53.4 Å². The summed E-state index contributed by atoms with van der Waals surface area (Å²) >= 11 is 7.58. The Labute approximate surface area is 161 Å². The smallest absolute Gasteiger partial charge is 0.341 e. The number of carboxylic acids is 1. The van der Waals surface area contributed by atoms with E-state index < -0.39 is 5.97 Å². The molecule has 0 aromatic heterocycles. The minimum atomic E-state index is -1.02. The Morgan fingerprint density at radius 2 is 1.85 bits per heavy atom. The third-order valence-electron chi connectivity index (χ3n) is 3.57. The minimum Gasteiger partial charge on any atom is -0.482 e. The summed E-state index contributed by atoms with van der Waals surface area (Å²) in [6, 6.07) is 14.5. The van der Waals surface area contributed by atoms with Crippen LogP contribution in [0.4, 0.5) is 0 Å². The van der Waals surface area contributed by atoms with Gasteiger partial charge < -0.3 is 14.7 Å². The highest BCUT2D eigenvalue weighted by Gasteiger charge is 2.19. The quantitative estimate of drug-likeness (QED) is 0.688. The van der Waals surface area contributed by atoms with E-state index in [2.05, 4.69) is 0 Å². The fourth-order valence-electron chi connectivity index (χ4n) is 2.28. The third kappa shape index (κ3) is 5.97. The number of rotatable bonds is 8. The van der Waals surface area contributed by atoms with Crippen LogP contribution < -0.4 is 4.74 Å². The number of hydrogen-bond acceptors (Lipinski definition) is 4. The summed E-state index contributed by atoms with van der Waals surface area (Å²) in [5.74, 6) is -0.543. The molecule has 0 aliphatic heterocycles.